The summed E-state index contributed by atoms with van der Waals surface area (Å²) in [6.07, 6.45) is -10.1. The van der Waals surface area contributed by atoms with Crippen molar-refractivity contribution in [1.82, 2.24) is 0 Å². The Morgan fingerprint density at radius 2 is 0.900 bits per heavy atom. The molecule has 0 bridgehead atoms. The van der Waals surface area contributed by atoms with Gasteiger partial charge >= 0.3 is 18.3 Å². The summed E-state index contributed by atoms with van der Waals surface area (Å²) < 4.78 is 151. The van der Waals surface area contributed by atoms with E-state index in [1.807, 2.05) is 0 Å². The number of alkyl halides is 6. The van der Waals surface area contributed by atoms with Gasteiger partial charge in [-0.2, -0.15) is 26.3 Å². The zero-order valence-electron chi connectivity index (χ0n) is 47.0. The van der Waals surface area contributed by atoms with Gasteiger partial charge in [0.25, 0.3) is 41.9 Å². The van der Waals surface area contributed by atoms with E-state index in [4.69, 9.17) is 4.74 Å². The number of nitrogens with zero attached hydrogens (tertiary/aromatic N) is 2. The second-order valence-corrected chi connectivity index (χ2v) is 25.3. The van der Waals surface area contributed by atoms with Crippen molar-refractivity contribution in [2.24, 2.45) is 0 Å². The van der Waals surface area contributed by atoms with E-state index in [-0.39, 0.29) is 56.4 Å². The highest BCUT2D eigenvalue weighted by molar-refractivity contribution is 7.91. The molecule has 3 N–H and O–H groups in total. The zero-order chi connectivity index (χ0) is 65.4. The lowest BCUT2D eigenvalue weighted by molar-refractivity contribution is -0.180. The number of carbonyl (C=O) groups excluding carboxylic acids is 7. The second kappa shape index (κ2) is 22.5. The zero-order valence-corrected chi connectivity index (χ0v) is 48.6. The van der Waals surface area contributed by atoms with E-state index in [2.05, 4.69) is 10.6 Å². The van der Waals surface area contributed by atoms with Gasteiger partial charge in [0, 0.05) is 11.4 Å². The molecular formula is C64H44F6N4O14S2. The number of sulfone groups is 2. The molecule has 10 rings (SSSR count). The number of halogens is 6. The van der Waals surface area contributed by atoms with E-state index in [1.165, 1.54) is 60.7 Å². The predicted molar refractivity (Wildman–Crippen MR) is 311 cm³/mol. The van der Waals surface area contributed by atoms with Crippen LogP contribution in [0.15, 0.2) is 189 Å². The molecule has 0 saturated heterocycles. The maximum atomic E-state index is 15.8. The van der Waals surface area contributed by atoms with Gasteiger partial charge in [0.2, 0.25) is 19.7 Å². The van der Waals surface area contributed by atoms with Crippen LogP contribution in [0.1, 0.15) is 116 Å². The molecular weight excluding hydrogens is 1230 g/mol. The number of ether oxygens (including phenoxy) is 1. The van der Waals surface area contributed by atoms with Gasteiger partial charge in [-0.05, 0) is 166 Å². The van der Waals surface area contributed by atoms with Crippen molar-refractivity contribution >= 4 is 90.3 Å². The summed E-state index contributed by atoms with van der Waals surface area (Å²) in [5.74, 6) is -8.21. The Labute approximate surface area is 507 Å². The van der Waals surface area contributed by atoms with Gasteiger partial charge in [0.1, 0.15) is 11.2 Å². The topological polar surface area (TPSA) is 265 Å². The molecule has 26 heteroatoms. The number of benzene rings is 8. The number of anilines is 4. The largest absolute Gasteiger partial charge is 0.478 e. The number of aryl methyl sites for hydroxylation is 1. The molecule has 1 unspecified atom stereocenters. The molecule has 18 nitrogen and oxygen atoms in total. The first-order valence-corrected chi connectivity index (χ1v) is 29.5. The number of carboxylic acids is 1. The van der Waals surface area contributed by atoms with Gasteiger partial charge in [-0.3, -0.25) is 33.6 Å². The molecule has 6 amide bonds. The molecule has 1 atom stereocenters. The molecule has 2 heterocycles. The van der Waals surface area contributed by atoms with Crippen molar-refractivity contribution in [1.29, 1.82) is 0 Å². The van der Waals surface area contributed by atoms with Gasteiger partial charge in [-0.1, -0.05) is 54.1 Å². The van der Waals surface area contributed by atoms with Crippen molar-refractivity contribution in [3.63, 3.8) is 0 Å². The molecule has 0 fully saturated rings. The first kappa shape index (κ1) is 62.5. The molecule has 458 valence electrons. The summed E-state index contributed by atoms with van der Waals surface area (Å²) >= 11 is 0. The third kappa shape index (κ3) is 10.8. The third-order valence-corrected chi connectivity index (χ3v) is 19.0. The van der Waals surface area contributed by atoms with Crippen LogP contribution in [-0.2, 0) is 35.3 Å². The summed E-state index contributed by atoms with van der Waals surface area (Å²) in [5.41, 5.74) is -10.5. The maximum absolute atomic E-state index is 15.8. The highest BCUT2D eigenvalue weighted by Gasteiger charge is 2.55. The van der Waals surface area contributed by atoms with Crippen LogP contribution in [0.25, 0.3) is 0 Å². The molecule has 0 saturated carbocycles. The first-order chi connectivity index (χ1) is 42.2. The third-order valence-electron chi connectivity index (χ3n) is 15.6. The minimum absolute atomic E-state index is 0.0559. The van der Waals surface area contributed by atoms with Crippen molar-refractivity contribution in [3.8, 4) is 5.75 Å². The Morgan fingerprint density at radius 1 is 0.478 bits per heavy atom. The van der Waals surface area contributed by atoms with Crippen LogP contribution < -0.4 is 25.2 Å². The van der Waals surface area contributed by atoms with Crippen LogP contribution in [-0.4, -0.2) is 82.2 Å². The van der Waals surface area contributed by atoms with E-state index in [1.54, 1.807) is 13.0 Å². The smallest absolute Gasteiger partial charge is 0.402 e. The number of fused-ring (bicyclic) bond motifs is 2. The Bertz CT molecular complexity index is 4700. The number of hydrogen-bond donors (Lipinski definition) is 3. The van der Waals surface area contributed by atoms with Crippen molar-refractivity contribution in [3.05, 3.63) is 231 Å². The summed E-state index contributed by atoms with van der Waals surface area (Å²) in [7, 11) is -9.17. The predicted octanol–water partition coefficient (Wildman–Crippen LogP) is 11.7. The molecule has 2 aliphatic rings. The van der Waals surface area contributed by atoms with E-state index in [0.717, 1.165) is 116 Å². The number of imide groups is 2. The first-order valence-electron chi connectivity index (χ1n) is 26.5. The molecule has 2 aliphatic heterocycles. The standard InChI is InChI=1S/C64H44F6N4O14S2/c1-34-17-21-46-50(25-34)58(80)73(56(46)78)40-11-7-15-44(31-40)90(86,87)45-16-8-12-41(32-45)74-57(79)47-22-18-37(28-51(47)59(74)81)62(4,64(68,69)70)36-19-23-48(60(82)83)49(27-36)54(76)71-38-9-5-13-42(29-38)89(84,85)43-14-6-10-39(30-43)72-55(77)52-26-35(20-24-53(52)88-33-75)61(2,3)63(65,66)67/h5-33H,1-4H3,(H,71,76)(H,72,77)(H,82,83). The van der Waals surface area contributed by atoms with Gasteiger partial charge in [0.15, 0.2) is 0 Å². The Morgan fingerprint density at radius 3 is 1.39 bits per heavy atom. The minimum atomic E-state index is -5.31. The van der Waals surface area contributed by atoms with E-state index >= 15 is 13.2 Å². The molecule has 8 aromatic rings. The average molecular weight is 1270 g/mol. The molecule has 0 radical (unpaired) electrons. The molecule has 0 aromatic heterocycles. The van der Waals surface area contributed by atoms with Gasteiger partial charge in [0.05, 0.1) is 75.3 Å². The number of nitrogens with one attached hydrogen (secondary N) is 2. The van der Waals surface area contributed by atoms with Crippen LogP contribution in [0.2, 0.25) is 0 Å². The highest BCUT2D eigenvalue weighted by atomic mass is 32.2. The van der Waals surface area contributed by atoms with Gasteiger partial charge in [-0.15, -0.1) is 0 Å². The molecule has 90 heavy (non-hydrogen) atoms. The van der Waals surface area contributed by atoms with Crippen LogP contribution in [0.3, 0.4) is 0 Å². The Hall–Kier alpha value is -10.6. The Balaban J connectivity index is 0.900. The van der Waals surface area contributed by atoms with Crippen molar-refractivity contribution in [2.45, 2.75) is 70.5 Å². The van der Waals surface area contributed by atoms with E-state index in [9.17, 15) is 73.5 Å². The number of amides is 6. The van der Waals surface area contributed by atoms with Crippen molar-refractivity contribution < 1.29 is 91.4 Å². The van der Waals surface area contributed by atoms with Crippen LogP contribution >= 0.6 is 0 Å². The second-order valence-electron chi connectivity index (χ2n) is 21.4. The van der Waals surface area contributed by atoms with Crippen LogP contribution in [0.5, 0.6) is 5.75 Å². The molecule has 0 aliphatic carbocycles. The summed E-state index contributed by atoms with van der Waals surface area (Å²) in [4.78, 5) is 106. The number of carboxylic acid groups (broad SMARTS) is 1. The van der Waals surface area contributed by atoms with E-state index < -0.39 is 138 Å². The average Bonchev–Trinajstić information content (AvgIpc) is 1.70. The lowest BCUT2D eigenvalue weighted by Gasteiger charge is -2.34. The fourth-order valence-electron chi connectivity index (χ4n) is 10.2. The fourth-order valence-corrected chi connectivity index (χ4v) is 12.9. The number of aromatic carboxylic acids is 1. The summed E-state index contributed by atoms with van der Waals surface area (Å²) in [6, 6.07) is 30.7. The van der Waals surface area contributed by atoms with Crippen LogP contribution in [0, 0.1) is 6.92 Å². The van der Waals surface area contributed by atoms with Crippen molar-refractivity contribution in [2.75, 3.05) is 20.4 Å². The lowest BCUT2D eigenvalue weighted by Crippen LogP contribution is -2.41. The Kier molecular flexibility index (Phi) is 15.6. The molecule has 0 spiro atoms. The number of carbonyl (C=O) groups is 8. The van der Waals surface area contributed by atoms with E-state index in [0.29, 0.717) is 23.5 Å². The van der Waals surface area contributed by atoms with Gasteiger partial charge in [-0.25, -0.2) is 31.4 Å². The number of hydrogen-bond acceptors (Lipinski definition) is 13. The lowest BCUT2D eigenvalue weighted by atomic mass is 9.74. The summed E-state index contributed by atoms with van der Waals surface area (Å²) in [6.45, 7) is 4.07. The SMILES string of the molecule is Cc1ccc2c(c1)C(=O)N(c1cccc(S(=O)(=O)c3cccc(N4C(=O)c5ccc(C(C)(c6ccc(C(=O)O)c(C(=O)Nc7cccc(S(=O)(=O)c8cccc(NC(=O)c9cc(C(C)(C)C(F)(F)F)ccc9OC=O)c8)c7)c6)C(F)(F)F)cc5C4=O)c3)c1)C2=O. The normalized spacial score (nSPS) is 14.2. The monoisotopic (exact) mass is 1270 g/mol. The minimum Gasteiger partial charge on any atom is -0.478 e. The summed E-state index contributed by atoms with van der Waals surface area (Å²) in [5, 5.41) is 14.9. The fraction of sp³-hybridized carbons (Fsp3) is 0.125. The maximum Gasteiger partial charge on any atom is 0.402 e. The quantitative estimate of drug-likeness (QED) is 0.0461. The van der Waals surface area contributed by atoms with Gasteiger partial charge < -0.3 is 20.5 Å². The highest BCUT2D eigenvalue weighted by Crippen LogP contribution is 2.48. The molecule has 8 aromatic carbocycles. The number of rotatable bonds is 16. The van der Waals surface area contributed by atoms with Crippen LogP contribution in [0.4, 0.5) is 49.1 Å².